The van der Waals surface area contributed by atoms with Gasteiger partial charge in [-0.05, 0) is 74.8 Å². The van der Waals surface area contributed by atoms with E-state index >= 15 is 0 Å². The number of rotatable bonds is 2. The van der Waals surface area contributed by atoms with Crippen molar-refractivity contribution < 1.29 is 4.42 Å². The van der Waals surface area contributed by atoms with Crippen molar-refractivity contribution in [2.75, 3.05) is 0 Å². The fraction of sp³-hybridized carbons (Fsp3) is 0. The molecule has 0 aliphatic rings. The lowest BCUT2D eigenvalue weighted by molar-refractivity contribution is 0.669. The van der Waals surface area contributed by atoms with E-state index in [2.05, 4.69) is 132 Å². The number of hydrogen-bond acceptors (Lipinski definition) is 3. The zero-order valence-electron chi connectivity index (χ0n) is 24.5. The third-order valence-corrected chi connectivity index (χ3v) is 9.72. The summed E-state index contributed by atoms with van der Waals surface area (Å²) in [5.41, 5.74) is 6.81. The second-order valence-corrected chi connectivity index (χ2v) is 12.1. The summed E-state index contributed by atoms with van der Waals surface area (Å²) in [4.78, 5) is 10.5. The molecule has 8 aromatic carbocycles. The Morgan fingerprint density at radius 1 is 0.435 bits per heavy atom. The van der Waals surface area contributed by atoms with Crippen LogP contribution in [0.2, 0.25) is 0 Å². The summed E-state index contributed by atoms with van der Waals surface area (Å²) in [7, 11) is 0. The van der Waals surface area contributed by atoms with E-state index in [4.69, 9.17) is 14.4 Å². The van der Waals surface area contributed by atoms with Crippen LogP contribution in [0.25, 0.3) is 104 Å². The van der Waals surface area contributed by atoms with Crippen LogP contribution < -0.4 is 0 Å². The number of benzene rings is 7. The molecule has 46 heavy (non-hydrogen) atoms. The van der Waals surface area contributed by atoms with Crippen molar-refractivity contribution in [1.82, 2.24) is 14.5 Å². The Balaban J connectivity index is 1.40. The minimum Gasteiger partial charge on any atom is -0.456 e. The van der Waals surface area contributed by atoms with E-state index in [0.717, 1.165) is 55.1 Å². The van der Waals surface area contributed by atoms with Gasteiger partial charge in [0.1, 0.15) is 11.2 Å². The topological polar surface area (TPSA) is 43.9 Å². The molecule has 212 valence electrons. The molecule has 11 rings (SSSR count). The average Bonchev–Trinajstić information content (AvgIpc) is 3.66. The smallest absolute Gasteiger partial charge is 0.235 e. The Morgan fingerprint density at radius 3 is 1.91 bits per heavy atom. The van der Waals surface area contributed by atoms with Gasteiger partial charge in [0.05, 0.1) is 22.2 Å². The molecule has 3 aromatic heterocycles. The fourth-order valence-corrected chi connectivity index (χ4v) is 7.79. The van der Waals surface area contributed by atoms with Crippen LogP contribution in [0.5, 0.6) is 0 Å². The first kappa shape index (κ1) is 24.1. The van der Waals surface area contributed by atoms with Crippen LogP contribution in [-0.2, 0) is 0 Å². The van der Waals surface area contributed by atoms with Gasteiger partial charge in [-0.25, -0.2) is 9.97 Å². The molecule has 0 saturated carbocycles. The zero-order chi connectivity index (χ0) is 29.9. The predicted molar refractivity (Wildman–Crippen MR) is 190 cm³/mol. The fourth-order valence-electron chi connectivity index (χ4n) is 7.79. The molecule has 0 spiro atoms. The van der Waals surface area contributed by atoms with Gasteiger partial charge in [0.25, 0.3) is 0 Å². The summed E-state index contributed by atoms with van der Waals surface area (Å²) in [6.07, 6.45) is 0. The van der Waals surface area contributed by atoms with Gasteiger partial charge < -0.3 is 4.42 Å². The van der Waals surface area contributed by atoms with Crippen molar-refractivity contribution in [1.29, 1.82) is 0 Å². The normalized spacial score (nSPS) is 12.3. The largest absolute Gasteiger partial charge is 0.456 e. The van der Waals surface area contributed by atoms with Gasteiger partial charge in [-0.15, -0.1) is 0 Å². The maximum absolute atomic E-state index is 6.59. The Kier molecular flexibility index (Phi) is 4.55. The Bertz CT molecular complexity index is 3020. The summed E-state index contributed by atoms with van der Waals surface area (Å²) in [6.45, 7) is 0. The predicted octanol–water partition coefficient (Wildman–Crippen LogP) is 11.2. The van der Waals surface area contributed by atoms with E-state index in [0.29, 0.717) is 5.95 Å². The summed E-state index contributed by atoms with van der Waals surface area (Å²) in [5.74, 6) is 0.653. The molecule has 0 radical (unpaired) electrons. The van der Waals surface area contributed by atoms with Crippen LogP contribution in [0, 0.1) is 0 Å². The van der Waals surface area contributed by atoms with Crippen LogP contribution in [0.15, 0.2) is 144 Å². The van der Waals surface area contributed by atoms with Crippen LogP contribution in [0.1, 0.15) is 0 Å². The Labute approximate surface area is 262 Å². The third kappa shape index (κ3) is 3.07. The van der Waals surface area contributed by atoms with Crippen molar-refractivity contribution in [3.8, 4) is 17.2 Å². The molecule has 0 atom stereocenters. The second-order valence-electron chi connectivity index (χ2n) is 12.1. The molecule has 0 unspecified atom stereocenters. The molecular weight excluding hydrogens is 562 g/mol. The molecule has 0 aliphatic carbocycles. The molecule has 0 aliphatic heterocycles. The molecule has 0 bridgehead atoms. The van der Waals surface area contributed by atoms with Gasteiger partial charge in [-0.1, -0.05) is 97.1 Å². The monoisotopic (exact) mass is 585 g/mol. The number of hydrogen-bond donors (Lipinski definition) is 0. The van der Waals surface area contributed by atoms with Gasteiger partial charge in [0.15, 0.2) is 0 Å². The van der Waals surface area contributed by atoms with E-state index in [1.54, 1.807) is 0 Å². The molecule has 0 fully saturated rings. The first-order valence-corrected chi connectivity index (χ1v) is 15.6. The summed E-state index contributed by atoms with van der Waals surface area (Å²) < 4.78 is 8.84. The van der Waals surface area contributed by atoms with E-state index in [9.17, 15) is 0 Å². The molecule has 0 saturated heterocycles. The number of para-hydroxylation sites is 1. The molecular formula is C42H23N3O. The summed E-state index contributed by atoms with van der Waals surface area (Å²) >= 11 is 0. The van der Waals surface area contributed by atoms with Crippen molar-refractivity contribution in [2.24, 2.45) is 0 Å². The molecule has 0 amide bonds. The van der Waals surface area contributed by atoms with E-state index in [1.165, 1.54) is 43.1 Å². The van der Waals surface area contributed by atoms with E-state index < -0.39 is 0 Å². The Hall–Kier alpha value is -6.26. The number of aromatic nitrogens is 3. The van der Waals surface area contributed by atoms with Crippen LogP contribution in [0.3, 0.4) is 0 Å². The minimum absolute atomic E-state index is 0.653. The highest BCUT2D eigenvalue weighted by molar-refractivity contribution is 6.38. The standard InChI is InChI=1S/C42H23N3O/c1-2-10-24(11-3-1)41-29-14-6-7-17-32(29)43-42(44-41)45-33-18-8-15-27-30-22-25-12-4-5-13-26(25)23-31(30)28-16-9-19-35-38(28)40-36(46-35)21-20-34(45)39(40)37(27)33/h1-23H. The summed E-state index contributed by atoms with van der Waals surface area (Å²) in [5, 5.41) is 12.9. The zero-order valence-corrected chi connectivity index (χ0v) is 24.5. The number of furan rings is 1. The molecule has 4 heteroatoms. The highest BCUT2D eigenvalue weighted by Gasteiger charge is 2.24. The lowest BCUT2D eigenvalue weighted by Gasteiger charge is -2.11. The third-order valence-electron chi connectivity index (χ3n) is 9.72. The van der Waals surface area contributed by atoms with Crippen molar-refractivity contribution in [3.05, 3.63) is 140 Å². The number of nitrogens with zero attached hydrogens (tertiary/aromatic N) is 3. The van der Waals surface area contributed by atoms with E-state index in [1.807, 2.05) is 12.1 Å². The average molecular weight is 586 g/mol. The molecule has 3 heterocycles. The maximum atomic E-state index is 6.59. The van der Waals surface area contributed by atoms with Gasteiger partial charge in [-0.2, -0.15) is 0 Å². The van der Waals surface area contributed by atoms with Crippen molar-refractivity contribution >= 4 is 87.0 Å². The summed E-state index contributed by atoms with van der Waals surface area (Å²) in [6, 6.07) is 49.4. The van der Waals surface area contributed by atoms with Crippen LogP contribution >= 0.6 is 0 Å². The van der Waals surface area contributed by atoms with Gasteiger partial charge in [-0.3, -0.25) is 4.57 Å². The Morgan fingerprint density at radius 2 is 1.09 bits per heavy atom. The van der Waals surface area contributed by atoms with E-state index in [-0.39, 0.29) is 0 Å². The van der Waals surface area contributed by atoms with Crippen LogP contribution in [0.4, 0.5) is 0 Å². The van der Waals surface area contributed by atoms with Gasteiger partial charge in [0.2, 0.25) is 5.95 Å². The minimum atomic E-state index is 0.653. The number of fused-ring (bicyclic) bond motifs is 5. The van der Waals surface area contributed by atoms with Gasteiger partial charge >= 0.3 is 0 Å². The highest BCUT2D eigenvalue weighted by atomic mass is 16.3. The lowest BCUT2D eigenvalue weighted by Crippen LogP contribution is -2.03. The molecule has 11 aromatic rings. The van der Waals surface area contributed by atoms with Crippen LogP contribution in [-0.4, -0.2) is 14.5 Å². The lowest BCUT2D eigenvalue weighted by atomic mass is 9.93. The maximum Gasteiger partial charge on any atom is 0.235 e. The van der Waals surface area contributed by atoms with Crippen molar-refractivity contribution in [3.63, 3.8) is 0 Å². The second kappa shape index (κ2) is 8.68. The quantitative estimate of drug-likeness (QED) is 0.203. The highest BCUT2D eigenvalue weighted by Crippen LogP contribution is 2.47. The van der Waals surface area contributed by atoms with Gasteiger partial charge in [0, 0.05) is 32.5 Å². The molecule has 0 N–H and O–H groups in total. The SMILES string of the molecule is c1ccc(-c2nc(-n3c4cccc5c6cc7ccccc7cc6c6cccc7oc8ccc3c(c8c76)c54)nc3ccccc23)cc1. The first-order chi connectivity index (χ1) is 22.8. The molecule has 4 nitrogen and oxygen atoms in total. The van der Waals surface area contributed by atoms with Crippen molar-refractivity contribution in [2.45, 2.75) is 0 Å². The first-order valence-electron chi connectivity index (χ1n) is 15.6.